The van der Waals surface area contributed by atoms with Crippen molar-refractivity contribution >= 4 is 11.8 Å². The molecule has 1 fully saturated rings. The van der Waals surface area contributed by atoms with E-state index in [2.05, 4.69) is 10.6 Å². The predicted octanol–water partition coefficient (Wildman–Crippen LogP) is 1.12. The summed E-state index contributed by atoms with van der Waals surface area (Å²) in [6.45, 7) is 4.74. The zero-order chi connectivity index (χ0) is 18.2. The fraction of sp³-hybridized carbons (Fsp3) is 0.556. The molecule has 1 aromatic carbocycles. The van der Waals surface area contributed by atoms with E-state index in [0.29, 0.717) is 30.9 Å². The van der Waals surface area contributed by atoms with Gasteiger partial charge < -0.3 is 24.8 Å². The van der Waals surface area contributed by atoms with Crippen LogP contribution >= 0.6 is 0 Å². The molecule has 2 rings (SSSR count). The average molecular weight is 350 g/mol. The van der Waals surface area contributed by atoms with Gasteiger partial charge in [0.05, 0.1) is 30.9 Å². The normalized spacial score (nSPS) is 22.0. The summed E-state index contributed by atoms with van der Waals surface area (Å²) >= 11 is 0. The van der Waals surface area contributed by atoms with E-state index >= 15 is 0 Å². The van der Waals surface area contributed by atoms with Crippen molar-refractivity contribution in [3.63, 3.8) is 0 Å². The number of para-hydroxylation sites is 1. The Labute approximate surface area is 148 Å². The monoisotopic (exact) mass is 350 g/mol. The molecule has 0 radical (unpaired) electrons. The van der Waals surface area contributed by atoms with Gasteiger partial charge in [-0.1, -0.05) is 12.1 Å². The van der Waals surface area contributed by atoms with Crippen molar-refractivity contribution in [2.45, 2.75) is 38.5 Å². The largest absolute Gasteiger partial charge is 0.493 e. The highest BCUT2D eigenvalue weighted by atomic mass is 16.5. The Morgan fingerprint density at radius 3 is 2.64 bits per heavy atom. The molecule has 25 heavy (non-hydrogen) atoms. The molecule has 7 nitrogen and oxygen atoms in total. The first-order valence-electron chi connectivity index (χ1n) is 8.54. The van der Waals surface area contributed by atoms with Crippen molar-refractivity contribution in [3.8, 4) is 5.75 Å². The van der Waals surface area contributed by atoms with Crippen LogP contribution in [0.2, 0.25) is 0 Å². The van der Waals surface area contributed by atoms with Crippen molar-refractivity contribution in [2.75, 3.05) is 26.9 Å². The summed E-state index contributed by atoms with van der Waals surface area (Å²) in [7, 11) is 1.60. The predicted molar refractivity (Wildman–Crippen MR) is 92.7 cm³/mol. The smallest absolute Gasteiger partial charge is 0.255 e. The minimum Gasteiger partial charge on any atom is -0.493 e. The molecule has 1 saturated carbocycles. The van der Waals surface area contributed by atoms with Gasteiger partial charge in [-0.2, -0.15) is 0 Å². The van der Waals surface area contributed by atoms with Crippen LogP contribution in [-0.4, -0.2) is 56.9 Å². The van der Waals surface area contributed by atoms with Crippen LogP contribution in [0, 0.1) is 0 Å². The molecule has 7 heteroatoms. The molecule has 1 aliphatic rings. The van der Waals surface area contributed by atoms with Crippen LogP contribution in [0.4, 0.5) is 0 Å². The summed E-state index contributed by atoms with van der Waals surface area (Å²) in [4.78, 5) is 24.3. The van der Waals surface area contributed by atoms with Crippen molar-refractivity contribution in [3.05, 3.63) is 29.8 Å². The van der Waals surface area contributed by atoms with E-state index in [4.69, 9.17) is 14.2 Å². The first-order valence-corrected chi connectivity index (χ1v) is 8.54. The van der Waals surface area contributed by atoms with E-state index in [1.807, 2.05) is 13.8 Å². The Balaban J connectivity index is 1.81. The van der Waals surface area contributed by atoms with Crippen LogP contribution in [0.25, 0.3) is 0 Å². The number of rotatable bonds is 9. The molecule has 2 amide bonds. The molecule has 1 aromatic rings. The van der Waals surface area contributed by atoms with Gasteiger partial charge in [0.15, 0.2) is 0 Å². The molecule has 0 spiro atoms. The van der Waals surface area contributed by atoms with E-state index in [1.54, 1.807) is 31.4 Å². The third-order valence-electron chi connectivity index (χ3n) is 4.09. The van der Waals surface area contributed by atoms with Crippen LogP contribution in [0.1, 0.15) is 30.6 Å². The molecule has 0 aromatic heterocycles. The van der Waals surface area contributed by atoms with Gasteiger partial charge in [-0.15, -0.1) is 0 Å². The maximum absolute atomic E-state index is 12.3. The lowest BCUT2D eigenvalue weighted by Gasteiger charge is -2.43. The molecule has 2 N–H and O–H groups in total. The first-order chi connectivity index (χ1) is 12.1. The van der Waals surface area contributed by atoms with Gasteiger partial charge in [0.2, 0.25) is 5.91 Å². The Morgan fingerprint density at radius 2 is 1.96 bits per heavy atom. The van der Waals surface area contributed by atoms with E-state index in [9.17, 15) is 9.59 Å². The number of amides is 2. The Kier molecular flexibility index (Phi) is 7.21. The minimum absolute atomic E-state index is 0.00737. The number of carbonyl (C=O) groups excluding carboxylic acids is 2. The fourth-order valence-corrected chi connectivity index (χ4v) is 2.87. The second-order valence-electron chi connectivity index (χ2n) is 5.72. The van der Waals surface area contributed by atoms with Crippen LogP contribution < -0.4 is 15.4 Å². The number of hydrogen-bond acceptors (Lipinski definition) is 5. The van der Waals surface area contributed by atoms with Gasteiger partial charge >= 0.3 is 0 Å². The fourth-order valence-electron chi connectivity index (χ4n) is 2.87. The number of benzene rings is 1. The SMILES string of the molecule is CCOc1ccccc1C(=O)NCC(=O)N[C@@H]1C[C@@H](OCC)[C@@H]1OC. The third kappa shape index (κ3) is 4.93. The van der Waals surface area contributed by atoms with E-state index in [1.165, 1.54) is 0 Å². The molecule has 0 unspecified atom stereocenters. The van der Waals surface area contributed by atoms with Gasteiger partial charge in [-0.05, 0) is 32.4 Å². The zero-order valence-electron chi connectivity index (χ0n) is 14.9. The standard InChI is InChI=1S/C18H26N2O5/c1-4-24-14-9-7-6-8-12(14)18(22)19-11-16(21)20-13-10-15(25-5-2)17(13)23-3/h6-9,13,15,17H,4-5,10-11H2,1-3H3,(H,19,22)(H,20,21)/t13-,15-,17-/m1/s1. The molecular weight excluding hydrogens is 324 g/mol. The number of carbonyl (C=O) groups is 2. The molecule has 0 saturated heterocycles. The second kappa shape index (κ2) is 9.39. The Morgan fingerprint density at radius 1 is 1.20 bits per heavy atom. The number of ether oxygens (including phenoxy) is 3. The second-order valence-corrected chi connectivity index (χ2v) is 5.72. The van der Waals surface area contributed by atoms with Gasteiger partial charge in [0.1, 0.15) is 11.9 Å². The Bertz CT molecular complexity index is 593. The zero-order valence-corrected chi connectivity index (χ0v) is 14.9. The van der Waals surface area contributed by atoms with Gasteiger partial charge in [0, 0.05) is 13.7 Å². The lowest BCUT2D eigenvalue weighted by molar-refractivity contribution is -0.142. The molecule has 3 atom stereocenters. The minimum atomic E-state index is -0.344. The maximum Gasteiger partial charge on any atom is 0.255 e. The van der Waals surface area contributed by atoms with Crippen LogP contribution in [0.5, 0.6) is 5.75 Å². The highest BCUT2D eigenvalue weighted by Crippen LogP contribution is 2.26. The molecule has 0 heterocycles. The van der Waals surface area contributed by atoms with E-state index in [0.717, 1.165) is 0 Å². The molecule has 0 bridgehead atoms. The Hall–Kier alpha value is -2.12. The highest BCUT2D eigenvalue weighted by molar-refractivity contribution is 5.98. The van der Waals surface area contributed by atoms with Crippen molar-refractivity contribution in [2.24, 2.45) is 0 Å². The quantitative estimate of drug-likeness (QED) is 0.697. The number of hydrogen-bond donors (Lipinski definition) is 2. The van der Waals surface area contributed by atoms with Gasteiger partial charge in [0.25, 0.3) is 5.91 Å². The first kappa shape index (κ1) is 19.2. The highest BCUT2D eigenvalue weighted by Gasteiger charge is 2.42. The van der Waals surface area contributed by atoms with Gasteiger partial charge in [-0.3, -0.25) is 9.59 Å². The number of nitrogens with one attached hydrogen (secondary N) is 2. The summed E-state index contributed by atoms with van der Waals surface area (Å²) in [5.41, 5.74) is 0.409. The molecule has 138 valence electrons. The average Bonchev–Trinajstić information content (AvgIpc) is 2.59. The molecule has 1 aliphatic carbocycles. The molecule has 0 aliphatic heterocycles. The maximum atomic E-state index is 12.3. The van der Waals surface area contributed by atoms with Crippen molar-refractivity contribution in [1.29, 1.82) is 0 Å². The summed E-state index contributed by atoms with van der Waals surface area (Å²) in [6.07, 6.45) is 0.561. The summed E-state index contributed by atoms with van der Waals surface area (Å²) in [5, 5.41) is 5.48. The summed E-state index contributed by atoms with van der Waals surface area (Å²) in [5.74, 6) is -0.103. The summed E-state index contributed by atoms with van der Waals surface area (Å²) < 4.78 is 16.3. The van der Waals surface area contributed by atoms with E-state index < -0.39 is 0 Å². The van der Waals surface area contributed by atoms with Gasteiger partial charge in [-0.25, -0.2) is 0 Å². The van der Waals surface area contributed by atoms with E-state index in [-0.39, 0.29) is 36.6 Å². The third-order valence-corrected chi connectivity index (χ3v) is 4.09. The molecular formula is C18H26N2O5. The van der Waals surface area contributed by atoms with Crippen molar-refractivity contribution < 1.29 is 23.8 Å². The lowest BCUT2D eigenvalue weighted by Crippen LogP contribution is -2.61. The lowest BCUT2D eigenvalue weighted by atomic mass is 9.85. The van der Waals surface area contributed by atoms with Crippen LogP contribution in [0.15, 0.2) is 24.3 Å². The summed E-state index contributed by atoms with van der Waals surface area (Å²) in [6, 6.07) is 6.84. The van der Waals surface area contributed by atoms with Crippen LogP contribution in [0.3, 0.4) is 0 Å². The van der Waals surface area contributed by atoms with Crippen LogP contribution in [-0.2, 0) is 14.3 Å². The van der Waals surface area contributed by atoms with Crippen molar-refractivity contribution in [1.82, 2.24) is 10.6 Å². The number of methoxy groups -OCH3 is 1. The topological polar surface area (TPSA) is 85.9 Å².